The highest BCUT2D eigenvalue weighted by Gasteiger charge is 2.28. The van der Waals surface area contributed by atoms with Crippen molar-refractivity contribution >= 4 is 29.9 Å². The van der Waals surface area contributed by atoms with Crippen molar-refractivity contribution in [2.45, 2.75) is 52.2 Å². The van der Waals surface area contributed by atoms with Gasteiger partial charge in [-0.3, -0.25) is 9.59 Å². The van der Waals surface area contributed by atoms with Crippen LogP contribution in [0.2, 0.25) is 0 Å². The highest BCUT2D eigenvalue weighted by molar-refractivity contribution is 5.98. The van der Waals surface area contributed by atoms with Gasteiger partial charge in [-0.1, -0.05) is 55.8 Å². The molecule has 0 saturated carbocycles. The van der Waals surface area contributed by atoms with Gasteiger partial charge in [0.2, 0.25) is 11.8 Å². The van der Waals surface area contributed by atoms with Gasteiger partial charge >= 0.3 is 0 Å². The number of rotatable bonds is 6. The summed E-state index contributed by atoms with van der Waals surface area (Å²) in [6.07, 6.45) is 1.22. The Balaban J connectivity index is 0.00000300. The second-order valence-electron chi connectivity index (χ2n) is 7.95. The summed E-state index contributed by atoms with van der Waals surface area (Å²) in [5.74, 6) is -0.0181. The monoisotopic (exact) mass is 415 g/mol. The lowest BCUT2D eigenvalue weighted by Gasteiger charge is -2.28. The number of carbonyl (C=O) groups is 2. The molecule has 2 aromatic carbocycles. The molecule has 29 heavy (non-hydrogen) atoms. The van der Waals surface area contributed by atoms with Crippen molar-refractivity contribution < 1.29 is 9.59 Å². The zero-order chi connectivity index (χ0) is 20.1. The number of halogens is 1. The predicted molar refractivity (Wildman–Crippen MR) is 119 cm³/mol. The van der Waals surface area contributed by atoms with Crippen LogP contribution in [-0.4, -0.2) is 23.9 Å². The van der Waals surface area contributed by atoms with E-state index in [0.29, 0.717) is 19.4 Å². The van der Waals surface area contributed by atoms with Crippen LogP contribution in [0.25, 0.3) is 0 Å². The Morgan fingerprint density at radius 1 is 1.07 bits per heavy atom. The van der Waals surface area contributed by atoms with Gasteiger partial charge in [-0.25, -0.2) is 0 Å². The number of hydrogen-bond acceptors (Lipinski definition) is 3. The van der Waals surface area contributed by atoms with Crippen LogP contribution >= 0.6 is 12.4 Å². The van der Waals surface area contributed by atoms with Crippen LogP contribution < -0.4 is 16.0 Å². The van der Waals surface area contributed by atoms with Crippen LogP contribution in [-0.2, 0) is 22.6 Å². The number of carbonyl (C=O) groups excluding carboxylic acids is 2. The maximum atomic E-state index is 12.8. The lowest BCUT2D eigenvalue weighted by molar-refractivity contribution is -0.128. The zero-order valence-corrected chi connectivity index (χ0v) is 18.0. The fourth-order valence-corrected chi connectivity index (χ4v) is 3.48. The highest BCUT2D eigenvalue weighted by atomic mass is 35.5. The molecule has 3 rings (SSSR count). The third-order valence-electron chi connectivity index (χ3n) is 5.06. The van der Waals surface area contributed by atoms with E-state index < -0.39 is 6.04 Å². The Bertz CT molecular complexity index is 836. The van der Waals surface area contributed by atoms with Gasteiger partial charge in [0.05, 0.1) is 6.04 Å². The summed E-state index contributed by atoms with van der Waals surface area (Å²) in [5.41, 5.74) is 4.28. The molecule has 0 aromatic heterocycles. The quantitative estimate of drug-likeness (QED) is 0.675. The fraction of sp³-hybridized carbons (Fsp3) is 0.391. The van der Waals surface area contributed by atoms with Gasteiger partial charge in [0.25, 0.3) is 0 Å². The molecule has 2 atom stereocenters. The third kappa shape index (κ3) is 6.31. The summed E-state index contributed by atoms with van der Waals surface area (Å²) >= 11 is 0. The number of aryl methyl sites for hydroxylation is 1. The Labute approximate surface area is 179 Å². The van der Waals surface area contributed by atoms with Crippen molar-refractivity contribution in [3.63, 3.8) is 0 Å². The SMILES string of the molecule is Cc1ccc(NC(=O)[C@H](CC(C)C)NC(=O)[C@@H]2Cc3ccccc3CN2)cc1.Cl. The molecule has 156 valence electrons. The van der Waals surface area contributed by atoms with Crippen molar-refractivity contribution in [3.05, 3.63) is 65.2 Å². The lowest BCUT2D eigenvalue weighted by atomic mass is 9.95. The lowest BCUT2D eigenvalue weighted by Crippen LogP contribution is -2.53. The van der Waals surface area contributed by atoms with Gasteiger partial charge in [-0.05, 0) is 48.9 Å². The normalized spacial score (nSPS) is 16.3. The molecule has 0 fully saturated rings. The summed E-state index contributed by atoms with van der Waals surface area (Å²) in [6, 6.07) is 14.9. The first-order valence-electron chi connectivity index (χ1n) is 9.90. The summed E-state index contributed by atoms with van der Waals surface area (Å²) in [6.45, 7) is 6.77. The number of anilines is 1. The Morgan fingerprint density at radius 3 is 2.38 bits per heavy atom. The van der Waals surface area contributed by atoms with Gasteiger partial charge in [0.15, 0.2) is 0 Å². The molecular weight excluding hydrogens is 386 g/mol. The van der Waals surface area contributed by atoms with Gasteiger partial charge in [0, 0.05) is 12.2 Å². The van der Waals surface area contributed by atoms with Crippen LogP contribution in [0.15, 0.2) is 48.5 Å². The number of fused-ring (bicyclic) bond motifs is 1. The van der Waals surface area contributed by atoms with E-state index in [4.69, 9.17) is 0 Å². The fourth-order valence-electron chi connectivity index (χ4n) is 3.48. The molecule has 1 aliphatic rings. The van der Waals surface area contributed by atoms with E-state index in [1.165, 1.54) is 11.1 Å². The Morgan fingerprint density at radius 2 is 1.72 bits per heavy atom. The molecule has 0 aliphatic carbocycles. The molecule has 0 spiro atoms. The molecule has 0 bridgehead atoms. The van der Waals surface area contributed by atoms with Crippen LogP contribution in [0.5, 0.6) is 0 Å². The van der Waals surface area contributed by atoms with E-state index >= 15 is 0 Å². The van der Waals surface area contributed by atoms with Crippen LogP contribution in [0.1, 0.15) is 37.0 Å². The minimum atomic E-state index is -0.562. The first-order valence-corrected chi connectivity index (χ1v) is 9.90. The van der Waals surface area contributed by atoms with Gasteiger partial charge < -0.3 is 16.0 Å². The summed E-state index contributed by atoms with van der Waals surface area (Å²) in [4.78, 5) is 25.7. The van der Waals surface area contributed by atoms with Crippen LogP contribution in [0.3, 0.4) is 0 Å². The summed E-state index contributed by atoms with van der Waals surface area (Å²) in [5, 5.41) is 9.18. The molecule has 0 unspecified atom stereocenters. The number of benzene rings is 2. The second kappa shape index (κ2) is 10.4. The van der Waals surface area contributed by atoms with Crippen molar-refractivity contribution in [2.75, 3.05) is 5.32 Å². The van der Waals surface area contributed by atoms with Crippen molar-refractivity contribution in [1.82, 2.24) is 10.6 Å². The van der Waals surface area contributed by atoms with Gasteiger partial charge in [-0.15, -0.1) is 12.4 Å². The Kier molecular flexibility index (Phi) is 8.23. The average molecular weight is 416 g/mol. The second-order valence-corrected chi connectivity index (χ2v) is 7.95. The zero-order valence-electron chi connectivity index (χ0n) is 17.2. The van der Waals surface area contributed by atoms with Crippen molar-refractivity contribution in [3.8, 4) is 0 Å². The maximum absolute atomic E-state index is 12.8. The Hall–Kier alpha value is -2.37. The average Bonchev–Trinajstić information content (AvgIpc) is 2.68. The number of nitrogens with one attached hydrogen (secondary N) is 3. The minimum Gasteiger partial charge on any atom is -0.343 e. The van der Waals surface area contributed by atoms with E-state index in [1.807, 2.05) is 57.2 Å². The maximum Gasteiger partial charge on any atom is 0.246 e. The standard InChI is InChI=1S/C23H29N3O2.ClH/c1-15(2)12-21(23(28)25-19-10-8-16(3)9-11-19)26-22(27)20-13-17-6-4-5-7-18(17)14-24-20;/h4-11,15,20-21,24H,12-14H2,1-3H3,(H,25,28)(H,26,27);1H/t20-,21-;/m0./s1. The van der Waals surface area contributed by atoms with Crippen molar-refractivity contribution in [2.24, 2.45) is 5.92 Å². The minimum absolute atomic E-state index is 0. The molecule has 0 saturated heterocycles. The third-order valence-corrected chi connectivity index (χ3v) is 5.06. The smallest absolute Gasteiger partial charge is 0.246 e. The van der Waals surface area contributed by atoms with Crippen LogP contribution in [0.4, 0.5) is 5.69 Å². The van der Waals surface area contributed by atoms with Gasteiger partial charge in [-0.2, -0.15) is 0 Å². The largest absolute Gasteiger partial charge is 0.343 e. The molecule has 5 nitrogen and oxygen atoms in total. The predicted octanol–water partition coefficient (Wildman–Crippen LogP) is 3.60. The van der Waals surface area contributed by atoms with Crippen LogP contribution in [0, 0.1) is 12.8 Å². The molecular formula is C23H30ClN3O2. The summed E-state index contributed by atoms with van der Waals surface area (Å²) < 4.78 is 0. The number of hydrogen-bond donors (Lipinski definition) is 3. The first-order chi connectivity index (χ1) is 13.4. The molecule has 2 aromatic rings. The molecule has 1 heterocycles. The number of amides is 2. The topological polar surface area (TPSA) is 70.2 Å². The van der Waals surface area contributed by atoms with Gasteiger partial charge in [0.1, 0.15) is 6.04 Å². The van der Waals surface area contributed by atoms with Crippen molar-refractivity contribution in [1.29, 1.82) is 0 Å². The summed E-state index contributed by atoms with van der Waals surface area (Å²) in [7, 11) is 0. The first kappa shape index (κ1) is 22.9. The van der Waals surface area contributed by atoms with E-state index in [0.717, 1.165) is 11.3 Å². The van der Waals surface area contributed by atoms with E-state index in [1.54, 1.807) is 0 Å². The molecule has 2 amide bonds. The van der Waals surface area contributed by atoms with E-state index in [9.17, 15) is 9.59 Å². The highest BCUT2D eigenvalue weighted by Crippen LogP contribution is 2.17. The molecule has 6 heteroatoms. The van der Waals surface area contributed by atoms with E-state index in [-0.39, 0.29) is 36.2 Å². The molecule has 3 N–H and O–H groups in total. The van der Waals surface area contributed by atoms with E-state index in [2.05, 4.69) is 28.1 Å². The molecule has 1 aliphatic heterocycles. The molecule has 0 radical (unpaired) electrons.